The van der Waals surface area contributed by atoms with Crippen molar-refractivity contribution in [3.8, 4) is 5.75 Å². The van der Waals surface area contributed by atoms with Crippen molar-refractivity contribution >= 4 is 38.4 Å². The number of anilines is 2. The number of thiazole rings is 1. The summed E-state index contributed by atoms with van der Waals surface area (Å²) >= 11 is 1.35. The smallest absolute Gasteiger partial charge is 0.273 e. The Balaban J connectivity index is 1.54. The van der Waals surface area contributed by atoms with E-state index in [9.17, 15) is 9.59 Å². The van der Waals surface area contributed by atoms with Gasteiger partial charge in [-0.1, -0.05) is 23.5 Å². The first kappa shape index (κ1) is 18.4. The number of methoxy groups -OCH3 is 1. The summed E-state index contributed by atoms with van der Waals surface area (Å²) in [7, 11) is 1.54. The molecule has 1 aliphatic heterocycles. The second-order valence-corrected chi connectivity index (χ2v) is 7.60. The molecule has 0 radical (unpaired) electrons. The summed E-state index contributed by atoms with van der Waals surface area (Å²) in [6.45, 7) is 1.78. The van der Waals surface area contributed by atoms with Gasteiger partial charge in [-0.3, -0.25) is 14.2 Å². The fraction of sp³-hybridized carbons (Fsp3) is 0.368. The zero-order valence-corrected chi connectivity index (χ0v) is 16.4. The van der Waals surface area contributed by atoms with E-state index >= 15 is 0 Å². The summed E-state index contributed by atoms with van der Waals surface area (Å²) in [6, 6.07) is 7.13. The van der Waals surface area contributed by atoms with Crippen LogP contribution in [0.25, 0.3) is 10.3 Å². The Bertz CT molecular complexity index is 1060. The zero-order chi connectivity index (χ0) is 19.5. The van der Waals surface area contributed by atoms with Gasteiger partial charge in [-0.05, 0) is 31.4 Å². The Morgan fingerprint density at radius 1 is 1.25 bits per heavy atom. The molecule has 1 aliphatic rings. The number of hydrogen-bond donors (Lipinski definition) is 1. The van der Waals surface area contributed by atoms with E-state index in [4.69, 9.17) is 4.74 Å². The van der Waals surface area contributed by atoms with Gasteiger partial charge in [-0.25, -0.2) is 4.98 Å². The van der Waals surface area contributed by atoms with Crippen molar-refractivity contribution in [1.29, 1.82) is 0 Å². The van der Waals surface area contributed by atoms with E-state index in [2.05, 4.69) is 20.2 Å². The molecular formula is C19H21N5O3S. The Morgan fingerprint density at radius 2 is 2.04 bits per heavy atom. The van der Waals surface area contributed by atoms with Gasteiger partial charge >= 0.3 is 0 Å². The predicted octanol–water partition coefficient (Wildman–Crippen LogP) is 2.49. The van der Waals surface area contributed by atoms with Gasteiger partial charge in [0.2, 0.25) is 5.91 Å². The first-order chi connectivity index (χ1) is 13.7. The lowest BCUT2D eigenvalue weighted by molar-refractivity contribution is -0.116. The average Bonchev–Trinajstić information content (AvgIpc) is 3.16. The maximum atomic E-state index is 12.8. The number of carbonyl (C=O) groups excluding carboxylic acids is 1. The van der Waals surface area contributed by atoms with Gasteiger partial charge < -0.3 is 15.0 Å². The van der Waals surface area contributed by atoms with Crippen molar-refractivity contribution in [2.45, 2.75) is 25.8 Å². The largest absolute Gasteiger partial charge is 0.495 e. The number of amides is 1. The van der Waals surface area contributed by atoms with Crippen LogP contribution in [0.1, 0.15) is 19.3 Å². The summed E-state index contributed by atoms with van der Waals surface area (Å²) in [5.74, 6) is 0.235. The first-order valence-corrected chi connectivity index (χ1v) is 10.0. The van der Waals surface area contributed by atoms with Crippen LogP contribution in [-0.4, -0.2) is 40.6 Å². The average molecular weight is 399 g/mol. The molecule has 0 bridgehead atoms. The molecule has 3 heterocycles. The van der Waals surface area contributed by atoms with Crippen molar-refractivity contribution in [2.24, 2.45) is 0 Å². The number of hydrogen-bond acceptors (Lipinski definition) is 7. The number of carbonyl (C=O) groups is 1. The molecule has 1 aromatic carbocycles. The lowest BCUT2D eigenvalue weighted by Crippen LogP contribution is -2.29. The molecule has 0 atom stereocenters. The minimum atomic E-state index is -0.325. The van der Waals surface area contributed by atoms with Crippen LogP contribution in [0.4, 0.5) is 10.8 Å². The molecule has 2 aromatic heterocycles. The van der Waals surface area contributed by atoms with Gasteiger partial charge in [-0.2, -0.15) is 4.98 Å². The molecule has 3 aromatic rings. The standard InChI is InChI=1S/C19H21N5O3S/c1-27-14-8-4-3-7-13(14)21-15(25)11-24-12-20-17-16(18(24)26)28-19(22-17)23-9-5-2-6-10-23/h3-4,7-8,12H,2,5-6,9-11H2,1H3,(H,21,25). The third-order valence-electron chi connectivity index (χ3n) is 4.69. The topological polar surface area (TPSA) is 89.3 Å². The molecule has 0 saturated carbocycles. The van der Waals surface area contributed by atoms with Gasteiger partial charge in [0.25, 0.3) is 5.56 Å². The van der Waals surface area contributed by atoms with Crippen LogP contribution in [0.3, 0.4) is 0 Å². The zero-order valence-electron chi connectivity index (χ0n) is 15.6. The number of nitrogens with zero attached hydrogens (tertiary/aromatic N) is 4. The van der Waals surface area contributed by atoms with Crippen molar-refractivity contribution in [3.05, 3.63) is 40.9 Å². The molecule has 146 valence electrons. The fourth-order valence-corrected chi connectivity index (χ4v) is 4.28. The Morgan fingerprint density at radius 3 is 2.82 bits per heavy atom. The third-order valence-corrected chi connectivity index (χ3v) is 5.79. The first-order valence-electron chi connectivity index (χ1n) is 9.19. The maximum Gasteiger partial charge on any atom is 0.273 e. The van der Waals surface area contributed by atoms with Gasteiger partial charge in [0.1, 0.15) is 23.3 Å². The second kappa shape index (κ2) is 7.97. The van der Waals surface area contributed by atoms with E-state index in [0.29, 0.717) is 21.8 Å². The number of rotatable bonds is 5. The summed E-state index contributed by atoms with van der Waals surface area (Å²) < 4.78 is 7.02. The van der Waals surface area contributed by atoms with E-state index in [1.165, 1.54) is 35.8 Å². The van der Waals surface area contributed by atoms with Crippen LogP contribution in [-0.2, 0) is 11.3 Å². The van der Waals surface area contributed by atoms with Gasteiger partial charge in [0.05, 0.1) is 12.8 Å². The molecular weight excluding hydrogens is 378 g/mol. The highest BCUT2D eigenvalue weighted by atomic mass is 32.1. The number of piperidine rings is 1. The number of aromatic nitrogens is 3. The van der Waals surface area contributed by atoms with Crippen molar-refractivity contribution in [2.75, 3.05) is 30.4 Å². The van der Waals surface area contributed by atoms with Crippen LogP contribution in [0.5, 0.6) is 5.75 Å². The van der Waals surface area contributed by atoms with Crippen LogP contribution in [0.15, 0.2) is 35.4 Å². The molecule has 28 heavy (non-hydrogen) atoms. The Labute approximate surface area is 165 Å². The molecule has 1 N–H and O–H groups in total. The van der Waals surface area contributed by atoms with Gasteiger partial charge in [0, 0.05) is 13.1 Å². The summed E-state index contributed by atoms with van der Waals surface area (Å²) in [6.07, 6.45) is 4.88. The molecule has 8 nitrogen and oxygen atoms in total. The highest BCUT2D eigenvalue weighted by Gasteiger charge is 2.18. The SMILES string of the molecule is COc1ccccc1NC(=O)Cn1cnc2nc(N3CCCCC3)sc2c1=O. The van der Waals surface area contributed by atoms with E-state index in [1.54, 1.807) is 18.2 Å². The normalized spacial score (nSPS) is 14.2. The quantitative estimate of drug-likeness (QED) is 0.709. The van der Waals surface area contributed by atoms with Crippen LogP contribution in [0.2, 0.25) is 0 Å². The van der Waals surface area contributed by atoms with E-state index in [0.717, 1.165) is 31.1 Å². The summed E-state index contributed by atoms with van der Waals surface area (Å²) in [5.41, 5.74) is 0.750. The van der Waals surface area contributed by atoms with Gasteiger partial charge in [0.15, 0.2) is 10.8 Å². The second-order valence-electron chi connectivity index (χ2n) is 6.62. The van der Waals surface area contributed by atoms with Crippen LogP contribution in [0, 0.1) is 0 Å². The predicted molar refractivity (Wildman–Crippen MR) is 109 cm³/mol. The summed E-state index contributed by atoms with van der Waals surface area (Å²) in [4.78, 5) is 36.2. The highest BCUT2D eigenvalue weighted by Crippen LogP contribution is 2.27. The molecule has 4 rings (SSSR count). The van der Waals surface area contributed by atoms with E-state index in [-0.39, 0.29) is 18.0 Å². The molecule has 1 saturated heterocycles. The molecule has 0 aliphatic carbocycles. The van der Waals surface area contributed by atoms with E-state index in [1.807, 2.05) is 6.07 Å². The van der Waals surface area contributed by atoms with Gasteiger partial charge in [-0.15, -0.1) is 0 Å². The van der Waals surface area contributed by atoms with Crippen LogP contribution >= 0.6 is 11.3 Å². The van der Waals surface area contributed by atoms with Crippen LogP contribution < -0.4 is 20.5 Å². The minimum Gasteiger partial charge on any atom is -0.495 e. The Kier molecular flexibility index (Phi) is 5.25. The summed E-state index contributed by atoms with van der Waals surface area (Å²) in [5, 5.41) is 3.60. The van der Waals surface area contributed by atoms with Crippen molar-refractivity contribution in [1.82, 2.24) is 14.5 Å². The molecule has 1 amide bonds. The molecule has 1 fully saturated rings. The van der Waals surface area contributed by atoms with Crippen molar-refractivity contribution in [3.63, 3.8) is 0 Å². The highest BCUT2D eigenvalue weighted by molar-refractivity contribution is 7.22. The molecule has 0 spiro atoms. The van der Waals surface area contributed by atoms with E-state index < -0.39 is 0 Å². The lowest BCUT2D eigenvalue weighted by Gasteiger charge is -2.25. The minimum absolute atomic E-state index is 0.128. The number of benzene rings is 1. The monoisotopic (exact) mass is 399 g/mol. The van der Waals surface area contributed by atoms with Crippen molar-refractivity contribution < 1.29 is 9.53 Å². The lowest BCUT2D eigenvalue weighted by atomic mass is 10.1. The molecule has 9 heteroatoms. The number of nitrogens with one attached hydrogen (secondary N) is 1. The number of para-hydroxylation sites is 2. The number of ether oxygens (including phenoxy) is 1. The molecule has 0 unspecified atom stereocenters. The third kappa shape index (κ3) is 3.70. The fourth-order valence-electron chi connectivity index (χ4n) is 3.26. The number of fused-ring (bicyclic) bond motifs is 1. The Hall–Kier alpha value is -2.94. The maximum absolute atomic E-state index is 12.8.